The summed E-state index contributed by atoms with van der Waals surface area (Å²) < 4.78 is 39.9. The van der Waals surface area contributed by atoms with Gasteiger partial charge >= 0.3 is 6.18 Å². The average molecular weight is 239 g/mol. The van der Waals surface area contributed by atoms with Crippen LogP contribution in [-0.2, 0) is 9.53 Å². The number of nitrogens with zero attached hydrogens (tertiary/aromatic N) is 1. The lowest BCUT2D eigenvalue weighted by Gasteiger charge is -2.04. The van der Waals surface area contributed by atoms with Crippen LogP contribution in [0.15, 0.2) is 16.3 Å². The van der Waals surface area contributed by atoms with Crippen molar-refractivity contribution in [3.05, 3.63) is 11.3 Å². The molecule has 0 aromatic rings. The smallest absolute Gasteiger partial charge is 0.399 e. The normalized spacial score (nSPS) is 14.0. The van der Waals surface area contributed by atoms with Crippen LogP contribution in [0, 0.1) is 0 Å². The maximum Gasteiger partial charge on any atom is 0.407 e. The Morgan fingerprint density at radius 1 is 1.44 bits per heavy atom. The predicted molar refractivity (Wildman–Crippen MR) is 51.7 cm³/mol. The molecule has 0 atom stereocenters. The number of primary amides is 1. The molecule has 16 heavy (non-hydrogen) atoms. The first-order valence-corrected chi connectivity index (χ1v) is 4.12. The number of aliphatic imine (C=N–C) groups is 1. The fourth-order valence-electron chi connectivity index (χ4n) is 0.778. The number of ether oxygens (including phenoxy) is 1. The number of hydrogen-bond acceptors (Lipinski definition) is 4. The Bertz CT molecular complexity index is 310. The summed E-state index contributed by atoms with van der Waals surface area (Å²) >= 11 is 0. The van der Waals surface area contributed by atoms with Gasteiger partial charge in [0.05, 0.1) is 12.2 Å². The molecule has 0 saturated heterocycles. The Labute approximate surface area is 90.0 Å². The Balaban J connectivity index is 4.71. The lowest BCUT2D eigenvalue weighted by Crippen LogP contribution is -2.22. The number of alkyl halides is 3. The highest BCUT2D eigenvalue weighted by molar-refractivity contribution is 6.12. The van der Waals surface area contributed by atoms with Crippen molar-refractivity contribution in [2.45, 2.75) is 6.18 Å². The molecule has 8 heteroatoms. The van der Waals surface area contributed by atoms with E-state index in [9.17, 15) is 18.0 Å². The van der Waals surface area contributed by atoms with Crippen molar-refractivity contribution in [2.75, 3.05) is 20.3 Å². The van der Waals surface area contributed by atoms with E-state index < -0.39 is 18.6 Å². The third-order valence-electron chi connectivity index (χ3n) is 1.40. The predicted octanol–water partition coefficient (Wildman–Crippen LogP) is -0.0360. The van der Waals surface area contributed by atoms with Crippen LogP contribution in [0.1, 0.15) is 0 Å². The summed E-state index contributed by atoms with van der Waals surface area (Å²) in [6.45, 7) is -1.51. The van der Waals surface area contributed by atoms with Crippen molar-refractivity contribution in [1.29, 1.82) is 0 Å². The second-order valence-corrected chi connectivity index (χ2v) is 2.82. The van der Waals surface area contributed by atoms with Gasteiger partial charge in [-0.2, -0.15) is 13.2 Å². The van der Waals surface area contributed by atoms with Gasteiger partial charge in [-0.05, 0) is 0 Å². The second kappa shape index (κ2) is 6.11. The summed E-state index contributed by atoms with van der Waals surface area (Å²) in [4.78, 5) is 13.9. The van der Waals surface area contributed by atoms with Crippen LogP contribution in [0.5, 0.6) is 0 Å². The Morgan fingerprint density at radius 3 is 2.38 bits per heavy atom. The molecule has 1 amide bonds. The number of methoxy groups -OCH3 is 1. The van der Waals surface area contributed by atoms with Crippen LogP contribution in [-0.4, -0.2) is 38.6 Å². The minimum absolute atomic E-state index is 0.0686. The van der Waals surface area contributed by atoms with E-state index >= 15 is 0 Å². The topological polar surface area (TPSA) is 90.7 Å². The van der Waals surface area contributed by atoms with Crippen LogP contribution in [0.3, 0.4) is 0 Å². The molecule has 92 valence electrons. The fourth-order valence-corrected chi connectivity index (χ4v) is 0.778. The van der Waals surface area contributed by atoms with Crippen molar-refractivity contribution in [1.82, 2.24) is 0 Å². The maximum atomic E-state index is 11.8. The first kappa shape index (κ1) is 14.4. The molecule has 0 aliphatic rings. The van der Waals surface area contributed by atoms with E-state index in [1.54, 1.807) is 0 Å². The molecular formula is C8H12F3N3O2. The SMILES string of the molecule is COC/C(N)=C(/C=NCC(F)(F)F)C(N)=O. The zero-order valence-corrected chi connectivity index (χ0v) is 8.54. The molecule has 0 rings (SSSR count). The van der Waals surface area contributed by atoms with E-state index in [-0.39, 0.29) is 17.9 Å². The summed E-state index contributed by atoms with van der Waals surface area (Å²) in [6, 6.07) is 0. The lowest BCUT2D eigenvalue weighted by molar-refractivity contribution is -0.118. The minimum atomic E-state index is -4.44. The van der Waals surface area contributed by atoms with Crippen molar-refractivity contribution in [3.8, 4) is 0 Å². The van der Waals surface area contributed by atoms with Crippen LogP contribution >= 0.6 is 0 Å². The highest BCUT2D eigenvalue weighted by Gasteiger charge is 2.26. The van der Waals surface area contributed by atoms with Gasteiger partial charge in [0.2, 0.25) is 0 Å². The van der Waals surface area contributed by atoms with Gasteiger partial charge in [-0.1, -0.05) is 0 Å². The molecule has 4 N–H and O–H groups in total. The zero-order chi connectivity index (χ0) is 12.8. The van der Waals surface area contributed by atoms with E-state index in [0.717, 1.165) is 0 Å². The average Bonchev–Trinajstić information content (AvgIpc) is 2.10. The molecule has 0 radical (unpaired) electrons. The molecule has 0 spiro atoms. The van der Waals surface area contributed by atoms with Gasteiger partial charge in [-0.25, -0.2) is 0 Å². The molecule has 0 saturated carbocycles. The van der Waals surface area contributed by atoms with Crippen LogP contribution in [0.2, 0.25) is 0 Å². The molecule has 0 aromatic heterocycles. The first-order chi connectivity index (χ1) is 7.28. The van der Waals surface area contributed by atoms with Gasteiger partial charge in [0.15, 0.2) is 0 Å². The molecule has 0 aromatic carbocycles. The van der Waals surface area contributed by atoms with Gasteiger partial charge in [-0.15, -0.1) is 0 Å². The zero-order valence-electron chi connectivity index (χ0n) is 8.54. The van der Waals surface area contributed by atoms with Gasteiger partial charge < -0.3 is 16.2 Å². The summed E-state index contributed by atoms with van der Waals surface area (Å²) in [5.41, 5.74) is 9.92. The van der Waals surface area contributed by atoms with Crippen LogP contribution in [0.25, 0.3) is 0 Å². The molecular weight excluding hydrogens is 227 g/mol. The second-order valence-electron chi connectivity index (χ2n) is 2.82. The number of nitrogens with two attached hydrogens (primary N) is 2. The van der Waals surface area contributed by atoms with Crippen molar-refractivity contribution < 1.29 is 22.7 Å². The number of carbonyl (C=O) groups is 1. The largest absolute Gasteiger partial charge is 0.407 e. The number of amides is 1. The van der Waals surface area contributed by atoms with Gasteiger partial charge in [0.1, 0.15) is 6.54 Å². The standard InChI is InChI=1S/C8H12F3N3O2/c1-16-3-6(12)5(7(13)15)2-14-4-8(9,10)11/h2H,3-4,12H2,1H3,(H2,13,15)/b6-5+,14-2?. The number of rotatable bonds is 5. The van der Waals surface area contributed by atoms with Crippen molar-refractivity contribution >= 4 is 12.1 Å². The third kappa shape index (κ3) is 6.02. The number of halogens is 3. The fraction of sp³-hybridized carbons (Fsp3) is 0.500. The van der Waals surface area contributed by atoms with Gasteiger partial charge in [-0.3, -0.25) is 9.79 Å². The summed E-state index contributed by atoms with van der Waals surface area (Å²) in [6.07, 6.45) is -3.74. The van der Waals surface area contributed by atoms with E-state index in [1.807, 2.05) is 0 Å². The summed E-state index contributed by atoms with van der Waals surface area (Å²) in [7, 11) is 1.32. The quantitative estimate of drug-likeness (QED) is 0.521. The number of carbonyl (C=O) groups excluding carboxylic acids is 1. The molecule has 0 unspecified atom stereocenters. The summed E-state index contributed by atoms with van der Waals surface area (Å²) in [5.74, 6) is -0.958. The minimum Gasteiger partial charge on any atom is -0.399 e. The molecule has 0 aliphatic heterocycles. The molecule has 5 nitrogen and oxygen atoms in total. The highest BCUT2D eigenvalue weighted by atomic mass is 19.4. The van der Waals surface area contributed by atoms with E-state index in [4.69, 9.17) is 11.5 Å². The van der Waals surface area contributed by atoms with E-state index in [1.165, 1.54) is 7.11 Å². The summed E-state index contributed by atoms with van der Waals surface area (Å²) in [5, 5.41) is 0. The Morgan fingerprint density at radius 2 is 2.00 bits per heavy atom. The van der Waals surface area contributed by atoms with Gasteiger partial charge in [0, 0.05) is 19.0 Å². The molecule has 0 aliphatic carbocycles. The first-order valence-electron chi connectivity index (χ1n) is 4.12. The third-order valence-corrected chi connectivity index (χ3v) is 1.40. The lowest BCUT2D eigenvalue weighted by atomic mass is 10.2. The van der Waals surface area contributed by atoms with Crippen molar-refractivity contribution in [3.63, 3.8) is 0 Å². The Kier molecular flexibility index (Phi) is 5.51. The molecule has 0 heterocycles. The Hall–Kier alpha value is -1.57. The monoisotopic (exact) mass is 239 g/mol. The molecule has 0 fully saturated rings. The maximum absolute atomic E-state index is 11.8. The van der Waals surface area contributed by atoms with Crippen LogP contribution < -0.4 is 11.5 Å². The molecule has 0 bridgehead atoms. The number of hydrogen-bond donors (Lipinski definition) is 2. The van der Waals surface area contributed by atoms with E-state index in [2.05, 4.69) is 9.73 Å². The van der Waals surface area contributed by atoms with Crippen LogP contribution in [0.4, 0.5) is 13.2 Å². The van der Waals surface area contributed by atoms with E-state index in [0.29, 0.717) is 6.21 Å². The van der Waals surface area contributed by atoms with Crippen molar-refractivity contribution in [2.24, 2.45) is 16.5 Å². The highest BCUT2D eigenvalue weighted by Crippen LogP contribution is 2.14. The van der Waals surface area contributed by atoms with Gasteiger partial charge in [0.25, 0.3) is 5.91 Å².